The van der Waals surface area contributed by atoms with Crippen molar-refractivity contribution in [1.29, 1.82) is 0 Å². The molecule has 0 saturated carbocycles. The molecule has 6 heteroatoms. The summed E-state index contributed by atoms with van der Waals surface area (Å²) in [6.07, 6.45) is -0.500. The monoisotopic (exact) mass is 252 g/mol. The van der Waals surface area contributed by atoms with Crippen molar-refractivity contribution >= 4 is 17.6 Å². The number of carbonyl (C=O) groups excluding carboxylic acids is 1. The first kappa shape index (κ1) is 12.8. The fraction of sp³-hybridized carbons (Fsp3) is 0.300. The normalized spacial score (nSPS) is 12.3. The molecule has 0 bridgehead atoms. The van der Waals surface area contributed by atoms with E-state index < -0.39 is 35.4 Å². The maximum Gasteiger partial charge on any atom is 0.311 e. The predicted octanol–water partition coefficient (Wildman–Crippen LogP) is 2.77. The van der Waals surface area contributed by atoms with Crippen molar-refractivity contribution < 1.29 is 22.7 Å². The van der Waals surface area contributed by atoms with E-state index in [1.165, 1.54) is 6.92 Å². The Morgan fingerprint density at radius 3 is 2.44 bits per heavy atom. The van der Waals surface area contributed by atoms with Crippen LogP contribution in [0, 0.1) is 17.5 Å². The van der Waals surface area contributed by atoms with Crippen molar-refractivity contribution in [2.75, 3.05) is 0 Å². The third-order valence-electron chi connectivity index (χ3n) is 1.72. The molecule has 0 heterocycles. The Bertz CT molecular complexity index is 407. The van der Waals surface area contributed by atoms with Gasteiger partial charge < -0.3 is 4.74 Å². The molecule has 0 amide bonds. The van der Waals surface area contributed by atoms with Crippen molar-refractivity contribution in [3.05, 3.63) is 35.1 Å². The average molecular weight is 253 g/mol. The van der Waals surface area contributed by atoms with E-state index in [0.29, 0.717) is 12.1 Å². The number of ether oxygens (including phenoxy) is 1. The molecule has 0 aromatic heterocycles. The lowest BCUT2D eigenvalue weighted by Crippen LogP contribution is -2.13. The highest BCUT2D eigenvalue weighted by molar-refractivity contribution is 6.19. The second kappa shape index (κ2) is 5.21. The molecule has 0 aliphatic carbocycles. The first-order valence-corrected chi connectivity index (χ1v) is 4.80. The van der Waals surface area contributed by atoms with Gasteiger partial charge in [0.05, 0.1) is 6.42 Å². The highest BCUT2D eigenvalue weighted by Crippen LogP contribution is 2.15. The first-order chi connectivity index (χ1) is 7.40. The zero-order valence-corrected chi connectivity index (χ0v) is 9.02. The average Bonchev–Trinajstić information content (AvgIpc) is 2.12. The Labute approximate surface area is 95.0 Å². The van der Waals surface area contributed by atoms with Gasteiger partial charge in [-0.3, -0.25) is 4.79 Å². The second-order valence-corrected chi connectivity index (χ2v) is 3.68. The first-order valence-electron chi connectivity index (χ1n) is 4.37. The van der Waals surface area contributed by atoms with E-state index in [9.17, 15) is 18.0 Å². The van der Waals surface area contributed by atoms with Crippen LogP contribution >= 0.6 is 11.6 Å². The number of benzene rings is 1. The number of halogens is 4. The summed E-state index contributed by atoms with van der Waals surface area (Å²) in [5.74, 6) is -4.34. The molecule has 0 aliphatic rings. The Balaban J connectivity index is 2.81. The summed E-state index contributed by atoms with van der Waals surface area (Å²) in [4.78, 5) is 11.1. The molecule has 1 aromatic rings. The number of rotatable bonds is 3. The highest BCUT2D eigenvalue weighted by Gasteiger charge is 2.14. The van der Waals surface area contributed by atoms with Crippen LogP contribution in [0.3, 0.4) is 0 Å². The van der Waals surface area contributed by atoms with Gasteiger partial charge in [0.1, 0.15) is 5.82 Å². The van der Waals surface area contributed by atoms with Crippen LogP contribution in [0.5, 0.6) is 0 Å². The molecule has 2 nitrogen and oxygen atoms in total. The van der Waals surface area contributed by atoms with Crippen molar-refractivity contribution in [2.24, 2.45) is 0 Å². The largest absolute Gasteiger partial charge is 0.446 e. The van der Waals surface area contributed by atoms with E-state index in [2.05, 4.69) is 4.74 Å². The van der Waals surface area contributed by atoms with E-state index in [0.717, 1.165) is 0 Å². The van der Waals surface area contributed by atoms with E-state index in [1.54, 1.807) is 0 Å². The molecular formula is C10H8ClF3O2. The van der Waals surface area contributed by atoms with Gasteiger partial charge in [-0.25, -0.2) is 13.2 Å². The van der Waals surface area contributed by atoms with Crippen LogP contribution in [0.25, 0.3) is 0 Å². The summed E-state index contributed by atoms with van der Waals surface area (Å²) in [7, 11) is 0. The van der Waals surface area contributed by atoms with Gasteiger partial charge in [0, 0.05) is 11.6 Å². The fourth-order valence-electron chi connectivity index (χ4n) is 1.08. The zero-order chi connectivity index (χ0) is 12.3. The van der Waals surface area contributed by atoms with Gasteiger partial charge in [0.25, 0.3) is 0 Å². The lowest BCUT2D eigenvalue weighted by atomic mass is 10.1. The van der Waals surface area contributed by atoms with Gasteiger partial charge in [-0.15, -0.1) is 0 Å². The van der Waals surface area contributed by atoms with Gasteiger partial charge in [-0.05, 0) is 13.0 Å². The minimum Gasteiger partial charge on any atom is -0.446 e. The van der Waals surface area contributed by atoms with Crippen LogP contribution < -0.4 is 0 Å². The molecule has 1 rings (SSSR count). The Morgan fingerprint density at radius 2 is 1.88 bits per heavy atom. The lowest BCUT2D eigenvalue weighted by Gasteiger charge is -2.07. The van der Waals surface area contributed by atoms with Gasteiger partial charge in [-0.2, -0.15) is 0 Å². The summed E-state index contributed by atoms with van der Waals surface area (Å²) >= 11 is 5.36. The molecule has 0 N–H and O–H groups in total. The van der Waals surface area contributed by atoms with Gasteiger partial charge >= 0.3 is 5.97 Å². The quantitative estimate of drug-likeness (QED) is 0.470. The second-order valence-electron chi connectivity index (χ2n) is 3.07. The summed E-state index contributed by atoms with van der Waals surface area (Å²) in [5, 5.41) is 0. The van der Waals surface area contributed by atoms with Crippen molar-refractivity contribution in [1.82, 2.24) is 0 Å². The Morgan fingerprint density at radius 1 is 1.31 bits per heavy atom. The standard InChI is InChI=1S/C10H8ClF3O2/c1-5(11)16-10(15)3-6-2-8(13)9(14)4-7(6)12/h2,4-5H,3H2,1H3. The molecule has 0 radical (unpaired) electrons. The van der Waals surface area contributed by atoms with Gasteiger partial charge in [0.15, 0.2) is 17.2 Å². The van der Waals surface area contributed by atoms with Gasteiger partial charge in [-0.1, -0.05) is 11.6 Å². The number of esters is 1. The molecule has 0 saturated heterocycles. The zero-order valence-electron chi connectivity index (χ0n) is 8.27. The number of alkyl halides is 1. The lowest BCUT2D eigenvalue weighted by molar-refractivity contribution is -0.144. The Kier molecular flexibility index (Phi) is 4.18. The molecule has 1 unspecified atom stereocenters. The van der Waals surface area contributed by atoms with Gasteiger partial charge in [0.2, 0.25) is 0 Å². The molecule has 16 heavy (non-hydrogen) atoms. The third kappa shape index (κ3) is 3.41. The molecular weight excluding hydrogens is 245 g/mol. The molecule has 0 spiro atoms. The molecule has 88 valence electrons. The van der Waals surface area contributed by atoms with Crippen LogP contribution in [0.15, 0.2) is 12.1 Å². The van der Waals surface area contributed by atoms with Crippen LogP contribution in [-0.2, 0) is 16.0 Å². The molecule has 1 atom stereocenters. The fourth-order valence-corrected chi connectivity index (χ4v) is 1.18. The maximum atomic E-state index is 13.1. The molecule has 0 fully saturated rings. The molecule has 0 aliphatic heterocycles. The summed E-state index contributed by atoms with van der Waals surface area (Å²) in [6.45, 7) is 1.40. The van der Waals surface area contributed by atoms with E-state index in [1.807, 2.05) is 0 Å². The maximum absolute atomic E-state index is 13.1. The van der Waals surface area contributed by atoms with Crippen molar-refractivity contribution in [2.45, 2.75) is 18.9 Å². The van der Waals surface area contributed by atoms with E-state index in [4.69, 9.17) is 11.6 Å². The summed E-state index contributed by atoms with van der Waals surface area (Å²) in [6, 6.07) is 0.993. The molecule has 1 aromatic carbocycles. The minimum absolute atomic E-state index is 0.277. The number of carbonyl (C=O) groups is 1. The van der Waals surface area contributed by atoms with E-state index in [-0.39, 0.29) is 5.56 Å². The topological polar surface area (TPSA) is 26.3 Å². The van der Waals surface area contributed by atoms with Crippen LogP contribution in [0.1, 0.15) is 12.5 Å². The smallest absolute Gasteiger partial charge is 0.311 e. The van der Waals surface area contributed by atoms with Crippen LogP contribution in [-0.4, -0.2) is 11.5 Å². The minimum atomic E-state index is -1.31. The summed E-state index contributed by atoms with van der Waals surface area (Å²) in [5.41, 5.74) is -1.14. The van der Waals surface area contributed by atoms with Crippen LogP contribution in [0.2, 0.25) is 0 Å². The van der Waals surface area contributed by atoms with Crippen LogP contribution in [0.4, 0.5) is 13.2 Å². The highest BCUT2D eigenvalue weighted by atomic mass is 35.5. The number of hydrogen-bond acceptors (Lipinski definition) is 2. The summed E-state index contributed by atoms with van der Waals surface area (Å²) < 4.78 is 42.9. The predicted molar refractivity (Wildman–Crippen MR) is 51.4 cm³/mol. The SMILES string of the molecule is CC(Cl)OC(=O)Cc1cc(F)c(F)cc1F. The van der Waals surface area contributed by atoms with Crippen molar-refractivity contribution in [3.63, 3.8) is 0 Å². The third-order valence-corrected chi connectivity index (χ3v) is 1.81. The Hall–Kier alpha value is -1.23. The van der Waals surface area contributed by atoms with E-state index >= 15 is 0 Å². The van der Waals surface area contributed by atoms with Crippen molar-refractivity contribution in [3.8, 4) is 0 Å². The number of hydrogen-bond donors (Lipinski definition) is 0.